The maximum absolute atomic E-state index is 12.0. The molecular formula is C12H24N2O3. The van der Waals surface area contributed by atoms with Crippen molar-refractivity contribution in [2.75, 3.05) is 26.4 Å². The number of carbonyl (C=O) groups excluding carboxylic acids is 1. The number of nitrogens with two attached hydrogens (primary N) is 1. The van der Waals surface area contributed by atoms with E-state index in [2.05, 4.69) is 12.2 Å². The largest absolute Gasteiger partial charge is 0.396 e. The number of aliphatic hydroxyl groups is 1. The molecule has 1 fully saturated rings. The third-order valence-electron chi connectivity index (χ3n) is 3.50. The summed E-state index contributed by atoms with van der Waals surface area (Å²) in [6, 6.07) is 0. The Morgan fingerprint density at radius 3 is 2.71 bits per heavy atom. The maximum atomic E-state index is 12.0. The molecule has 0 aliphatic carbocycles. The molecule has 5 nitrogen and oxygen atoms in total. The third kappa shape index (κ3) is 4.26. The van der Waals surface area contributed by atoms with Crippen molar-refractivity contribution in [2.45, 2.75) is 38.1 Å². The van der Waals surface area contributed by atoms with Crippen LogP contribution in [0.15, 0.2) is 0 Å². The number of hydrogen-bond donors (Lipinski definition) is 3. The van der Waals surface area contributed by atoms with Crippen molar-refractivity contribution in [3.05, 3.63) is 0 Å². The van der Waals surface area contributed by atoms with Crippen LogP contribution in [-0.4, -0.2) is 42.9 Å². The van der Waals surface area contributed by atoms with Gasteiger partial charge in [-0.25, -0.2) is 0 Å². The third-order valence-corrected chi connectivity index (χ3v) is 3.50. The van der Waals surface area contributed by atoms with Gasteiger partial charge in [0.05, 0.1) is 5.54 Å². The molecular weight excluding hydrogens is 220 g/mol. The lowest BCUT2D eigenvalue weighted by Crippen LogP contribution is -2.57. The van der Waals surface area contributed by atoms with E-state index < -0.39 is 5.54 Å². The molecule has 1 amide bonds. The van der Waals surface area contributed by atoms with Crippen molar-refractivity contribution < 1.29 is 14.6 Å². The van der Waals surface area contributed by atoms with E-state index >= 15 is 0 Å². The second-order valence-corrected chi connectivity index (χ2v) is 4.77. The Morgan fingerprint density at radius 2 is 2.18 bits per heavy atom. The zero-order chi connectivity index (χ0) is 12.7. The maximum Gasteiger partial charge on any atom is 0.240 e. The van der Waals surface area contributed by atoms with Crippen molar-refractivity contribution in [1.82, 2.24) is 5.32 Å². The van der Waals surface area contributed by atoms with Crippen LogP contribution in [-0.2, 0) is 9.53 Å². The summed E-state index contributed by atoms with van der Waals surface area (Å²) in [6.07, 6.45) is 2.82. The summed E-state index contributed by atoms with van der Waals surface area (Å²) in [5, 5.41) is 11.8. The Labute approximate surface area is 103 Å². The average molecular weight is 244 g/mol. The van der Waals surface area contributed by atoms with Gasteiger partial charge in [-0.1, -0.05) is 13.3 Å². The highest BCUT2D eigenvalue weighted by molar-refractivity contribution is 5.86. The smallest absolute Gasteiger partial charge is 0.240 e. The van der Waals surface area contributed by atoms with Gasteiger partial charge in [-0.05, 0) is 25.2 Å². The van der Waals surface area contributed by atoms with Crippen molar-refractivity contribution in [3.8, 4) is 0 Å². The molecule has 1 saturated heterocycles. The molecule has 17 heavy (non-hydrogen) atoms. The monoisotopic (exact) mass is 244 g/mol. The summed E-state index contributed by atoms with van der Waals surface area (Å²) in [7, 11) is 0. The first kappa shape index (κ1) is 14.4. The molecule has 1 aliphatic rings. The molecule has 1 atom stereocenters. The Kier molecular flexibility index (Phi) is 5.88. The van der Waals surface area contributed by atoms with Crippen LogP contribution in [0.3, 0.4) is 0 Å². The van der Waals surface area contributed by atoms with Gasteiger partial charge in [-0.2, -0.15) is 0 Å². The van der Waals surface area contributed by atoms with E-state index in [0.717, 1.165) is 12.8 Å². The van der Waals surface area contributed by atoms with Crippen LogP contribution in [0.5, 0.6) is 0 Å². The molecule has 0 aromatic carbocycles. The van der Waals surface area contributed by atoms with Crippen LogP contribution >= 0.6 is 0 Å². The van der Waals surface area contributed by atoms with Crippen molar-refractivity contribution in [2.24, 2.45) is 11.7 Å². The first-order valence-electron chi connectivity index (χ1n) is 6.38. The molecule has 5 heteroatoms. The predicted octanol–water partition coefficient (Wildman–Crippen LogP) is 0.0191. The Bertz CT molecular complexity index is 240. The van der Waals surface area contributed by atoms with E-state index in [9.17, 15) is 4.79 Å². The number of ether oxygens (including phenoxy) is 1. The van der Waals surface area contributed by atoms with Crippen LogP contribution in [0.4, 0.5) is 0 Å². The first-order valence-corrected chi connectivity index (χ1v) is 6.38. The lowest BCUT2D eigenvalue weighted by molar-refractivity contribution is -0.130. The van der Waals surface area contributed by atoms with Crippen LogP contribution in [0, 0.1) is 5.92 Å². The molecule has 0 bridgehead atoms. The summed E-state index contributed by atoms with van der Waals surface area (Å²) in [4.78, 5) is 12.0. The average Bonchev–Trinajstić information content (AvgIpc) is 2.35. The van der Waals surface area contributed by atoms with Crippen molar-refractivity contribution in [1.29, 1.82) is 0 Å². The zero-order valence-corrected chi connectivity index (χ0v) is 10.6. The first-order chi connectivity index (χ1) is 8.12. The zero-order valence-electron chi connectivity index (χ0n) is 10.6. The van der Waals surface area contributed by atoms with Gasteiger partial charge in [-0.3, -0.25) is 4.79 Å². The lowest BCUT2D eigenvalue weighted by Gasteiger charge is -2.32. The summed E-state index contributed by atoms with van der Waals surface area (Å²) in [5.41, 5.74) is 5.29. The minimum atomic E-state index is -0.768. The molecule has 0 aromatic heterocycles. The van der Waals surface area contributed by atoms with E-state index in [1.54, 1.807) is 0 Å². The summed E-state index contributed by atoms with van der Waals surface area (Å²) >= 11 is 0. The molecule has 4 N–H and O–H groups in total. The molecule has 1 heterocycles. The topological polar surface area (TPSA) is 84.6 Å². The SMILES string of the molecule is CCC(CCO)CNC(=O)C1(N)CCOCC1. The number of hydrogen-bond acceptors (Lipinski definition) is 4. The van der Waals surface area contributed by atoms with Crippen LogP contribution in [0.2, 0.25) is 0 Å². The lowest BCUT2D eigenvalue weighted by atomic mass is 9.90. The van der Waals surface area contributed by atoms with E-state index in [1.807, 2.05) is 0 Å². The fourth-order valence-corrected chi connectivity index (χ4v) is 2.01. The van der Waals surface area contributed by atoms with Crippen molar-refractivity contribution in [3.63, 3.8) is 0 Å². The Hall–Kier alpha value is -0.650. The van der Waals surface area contributed by atoms with Crippen LogP contribution < -0.4 is 11.1 Å². The highest BCUT2D eigenvalue weighted by atomic mass is 16.5. The minimum absolute atomic E-state index is 0.0859. The Morgan fingerprint density at radius 1 is 1.53 bits per heavy atom. The van der Waals surface area contributed by atoms with E-state index in [4.69, 9.17) is 15.6 Å². The number of aliphatic hydroxyl groups excluding tert-OH is 1. The number of amides is 1. The molecule has 0 aromatic rings. The highest BCUT2D eigenvalue weighted by Crippen LogP contribution is 2.18. The van der Waals surface area contributed by atoms with Gasteiger partial charge in [-0.15, -0.1) is 0 Å². The second-order valence-electron chi connectivity index (χ2n) is 4.77. The van der Waals surface area contributed by atoms with Gasteiger partial charge >= 0.3 is 0 Å². The normalized spacial score (nSPS) is 20.9. The van der Waals surface area contributed by atoms with Gasteiger partial charge in [0.2, 0.25) is 5.91 Å². The summed E-state index contributed by atoms with van der Waals surface area (Å²) < 4.78 is 5.21. The molecule has 0 saturated carbocycles. The van der Waals surface area contributed by atoms with E-state index in [-0.39, 0.29) is 12.5 Å². The number of nitrogens with one attached hydrogen (secondary N) is 1. The fourth-order valence-electron chi connectivity index (χ4n) is 2.01. The minimum Gasteiger partial charge on any atom is -0.396 e. The second kappa shape index (κ2) is 6.93. The molecule has 1 aliphatic heterocycles. The van der Waals surface area contributed by atoms with Gasteiger partial charge in [0.25, 0.3) is 0 Å². The van der Waals surface area contributed by atoms with E-state index in [1.165, 1.54) is 0 Å². The molecule has 100 valence electrons. The summed E-state index contributed by atoms with van der Waals surface area (Å²) in [5.74, 6) is 0.240. The van der Waals surface area contributed by atoms with Crippen molar-refractivity contribution >= 4 is 5.91 Å². The number of rotatable bonds is 6. The van der Waals surface area contributed by atoms with Gasteiger partial charge < -0.3 is 20.9 Å². The van der Waals surface area contributed by atoms with Gasteiger partial charge in [0.15, 0.2) is 0 Å². The molecule has 0 radical (unpaired) electrons. The molecule has 1 unspecified atom stereocenters. The predicted molar refractivity (Wildman–Crippen MR) is 65.5 cm³/mol. The quantitative estimate of drug-likeness (QED) is 0.615. The van der Waals surface area contributed by atoms with Gasteiger partial charge in [0, 0.05) is 26.4 Å². The number of carbonyl (C=O) groups is 1. The van der Waals surface area contributed by atoms with Crippen LogP contribution in [0.1, 0.15) is 32.6 Å². The fraction of sp³-hybridized carbons (Fsp3) is 0.917. The molecule has 0 spiro atoms. The van der Waals surface area contributed by atoms with E-state index in [0.29, 0.717) is 38.5 Å². The van der Waals surface area contributed by atoms with Crippen LogP contribution in [0.25, 0.3) is 0 Å². The standard InChI is InChI=1S/C12H24N2O3/c1-2-10(3-6-15)9-14-11(16)12(13)4-7-17-8-5-12/h10,15H,2-9,13H2,1H3,(H,14,16). The Balaban J connectivity index is 2.37. The summed E-state index contributed by atoms with van der Waals surface area (Å²) in [6.45, 7) is 3.92. The highest BCUT2D eigenvalue weighted by Gasteiger charge is 2.35. The molecule has 1 rings (SSSR count). The van der Waals surface area contributed by atoms with Gasteiger partial charge in [0.1, 0.15) is 0 Å².